The first-order chi connectivity index (χ1) is 19.3. The summed E-state index contributed by atoms with van der Waals surface area (Å²) in [6.07, 6.45) is 9.54. The van der Waals surface area contributed by atoms with Crippen LogP contribution in [0.2, 0.25) is 0 Å². The maximum atomic E-state index is 4.96. The molecule has 0 aliphatic carbocycles. The molecule has 7 rings (SSSR count). The molecule has 1 N–H and O–H groups in total. The number of piperidine rings is 1. The van der Waals surface area contributed by atoms with Crippen molar-refractivity contribution in [2.24, 2.45) is 0 Å². The largest absolute Gasteiger partial charge is 0.299 e. The Morgan fingerprint density at radius 2 is 1.56 bits per heavy atom. The molecule has 5 heterocycles. The van der Waals surface area contributed by atoms with E-state index in [1.165, 1.54) is 5.56 Å². The predicted molar refractivity (Wildman–Crippen MR) is 151 cm³/mol. The maximum absolute atomic E-state index is 4.96. The van der Waals surface area contributed by atoms with Crippen molar-refractivity contribution in [3.05, 3.63) is 109 Å². The van der Waals surface area contributed by atoms with Crippen molar-refractivity contribution in [3.8, 4) is 33.8 Å². The molecule has 192 valence electrons. The highest BCUT2D eigenvalue weighted by atomic mass is 15.2. The lowest BCUT2D eigenvalue weighted by molar-refractivity contribution is 0.202. The summed E-state index contributed by atoms with van der Waals surface area (Å²) in [4.78, 5) is 16.3. The van der Waals surface area contributed by atoms with Gasteiger partial charge in [0.1, 0.15) is 5.82 Å². The van der Waals surface area contributed by atoms with Crippen molar-refractivity contribution in [1.82, 2.24) is 39.7 Å². The van der Waals surface area contributed by atoms with Crippen LogP contribution in [0.1, 0.15) is 30.1 Å². The molecule has 1 saturated heterocycles. The second-order valence-electron chi connectivity index (χ2n) is 10.0. The SMILES string of the molecule is c1ccc(-c2cn3nccc3nc2-c2ccc(CN3CCC(c4nc(-c5ccncc5)n[nH]4)CC3)cc2)cc1. The van der Waals surface area contributed by atoms with Gasteiger partial charge in [-0.05, 0) is 49.2 Å². The monoisotopic (exact) mass is 512 g/mol. The molecule has 8 heteroatoms. The summed E-state index contributed by atoms with van der Waals surface area (Å²) in [5.74, 6) is 2.14. The Hall–Kier alpha value is -4.69. The molecule has 4 aromatic heterocycles. The fraction of sp³-hybridized carbons (Fsp3) is 0.194. The molecule has 1 aliphatic heterocycles. The highest BCUT2D eigenvalue weighted by Crippen LogP contribution is 2.32. The van der Waals surface area contributed by atoms with Gasteiger partial charge in [-0.25, -0.2) is 14.5 Å². The number of nitrogens with zero attached hydrogens (tertiary/aromatic N) is 7. The molecule has 39 heavy (non-hydrogen) atoms. The summed E-state index contributed by atoms with van der Waals surface area (Å²) in [5, 5.41) is 12.0. The molecular formula is C31H28N8. The standard InChI is InChI=1S/C31H28N8/c1-2-4-23(5-3-1)27-21-39-28(12-17-33-39)34-29(27)24-8-6-22(7-9-24)20-38-18-13-26(14-19-38)31-35-30(36-37-31)25-10-15-32-16-11-25/h1-12,15-17,21,26H,13-14,18-20H2,(H,35,36,37). The van der Waals surface area contributed by atoms with Gasteiger partial charge in [-0.3, -0.25) is 15.0 Å². The Bertz CT molecular complexity index is 1680. The molecule has 1 aliphatic rings. The number of benzene rings is 2. The zero-order valence-electron chi connectivity index (χ0n) is 21.5. The van der Waals surface area contributed by atoms with E-state index in [1.54, 1.807) is 18.6 Å². The Labute approximate surface area is 226 Å². The van der Waals surface area contributed by atoms with Crippen molar-refractivity contribution in [2.45, 2.75) is 25.3 Å². The van der Waals surface area contributed by atoms with Gasteiger partial charge < -0.3 is 0 Å². The zero-order chi connectivity index (χ0) is 26.0. The number of rotatable bonds is 6. The summed E-state index contributed by atoms with van der Waals surface area (Å²) in [7, 11) is 0. The third-order valence-electron chi connectivity index (χ3n) is 7.52. The quantitative estimate of drug-likeness (QED) is 0.312. The van der Waals surface area contributed by atoms with E-state index in [-0.39, 0.29) is 0 Å². The van der Waals surface area contributed by atoms with Crippen molar-refractivity contribution >= 4 is 5.65 Å². The Balaban J connectivity index is 1.04. The average molecular weight is 513 g/mol. The molecule has 0 atom stereocenters. The Morgan fingerprint density at radius 3 is 2.36 bits per heavy atom. The normalized spacial score (nSPS) is 14.7. The lowest BCUT2D eigenvalue weighted by atomic mass is 9.95. The van der Waals surface area contributed by atoms with Gasteiger partial charge in [-0.1, -0.05) is 54.6 Å². The van der Waals surface area contributed by atoms with Crippen LogP contribution in [0, 0.1) is 0 Å². The van der Waals surface area contributed by atoms with Crippen LogP contribution in [-0.4, -0.2) is 52.8 Å². The predicted octanol–water partition coefficient (Wildman–Crippen LogP) is 5.62. The third-order valence-corrected chi connectivity index (χ3v) is 7.52. The van der Waals surface area contributed by atoms with Crippen LogP contribution in [0.5, 0.6) is 0 Å². The number of fused-ring (bicyclic) bond motifs is 1. The molecule has 0 unspecified atom stereocenters. The summed E-state index contributed by atoms with van der Waals surface area (Å²) in [6.45, 7) is 3.01. The van der Waals surface area contributed by atoms with Crippen LogP contribution < -0.4 is 0 Å². The number of likely N-dealkylation sites (tertiary alicyclic amines) is 1. The number of hydrogen-bond donors (Lipinski definition) is 1. The minimum Gasteiger partial charge on any atom is -0.299 e. The van der Waals surface area contributed by atoms with Crippen molar-refractivity contribution in [2.75, 3.05) is 13.1 Å². The van der Waals surface area contributed by atoms with Gasteiger partial charge in [0.25, 0.3) is 0 Å². The molecule has 0 amide bonds. The first-order valence-electron chi connectivity index (χ1n) is 13.3. The lowest BCUT2D eigenvalue weighted by Crippen LogP contribution is -2.32. The molecule has 6 aromatic rings. The van der Waals surface area contributed by atoms with Crippen LogP contribution in [0.25, 0.3) is 39.4 Å². The van der Waals surface area contributed by atoms with Crippen LogP contribution in [0.3, 0.4) is 0 Å². The Morgan fingerprint density at radius 1 is 0.769 bits per heavy atom. The summed E-state index contributed by atoms with van der Waals surface area (Å²) < 4.78 is 1.84. The van der Waals surface area contributed by atoms with Gasteiger partial charge in [0.05, 0.1) is 11.9 Å². The van der Waals surface area contributed by atoms with Crippen molar-refractivity contribution < 1.29 is 0 Å². The second kappa shape index (κ2) is 10.2. The molecule has 2 aromatic carbocycles. The molecule has 8 nitrogen and oxygen atoms in total. The van der Waals surface area contributed by atoms with Gasteiger partial charge in [0.2, 0.25) is 0 Å². The van der Waals surface area contributed by atoms with Crippen LogP contribution in [-0.2, 0) is 6.54 Å². The molecule has 0 radical (unpaired) electrons. The average Bonchev–Trinajstić information content (AvgIpc) is 3.68. The first kappa shape index (κ1) is 23.4. The summed E-state index contributed by atoms with van der Waals surface area (Å²) >= 11 is 0. The van der Waals surface area contributed by atoms with E-state index in [0.717, 1.165) is 77.7 Å². The molecule has 0 bridgehead atoms. The van der Waals surface area contributed by atoms with Crippen LogP contribution >= 0.6 is 0 Å². The van der Waals surface area contributed by atoms with Crippen molar-refractivity contribution in [3.63, 3.8) is 0 Å². The number of aromatic nitrogens is 7. The van der Waals surface area contributed by atoms with E-state index in [2.05, 4.69) is 79.9 Å². The van der Waals surface area contributed by atoms with Gasteiger partial charge >= 0.3 is 0 Å². The minimum atomic E-state index is 0.410. The number of hydrogen-bond acceptors (Lipinski definition) is 6. The molecule has 0 saturated carbocycles. The Kier molecular flexibility index (Phi) is 6.14. The maximum Gasteiger partial charge on any atom is 0.181 e. The second-order valence-corrected chi connectivity index (χ2v) is 10.0. The zero-order valence-corrected chi connectivity index (χ0v) is 21.5. The van der Waals surface area contributed by atoms with E-state index in [4.69, 9.17) is 9.97 Å². The van der Waals surface area contributed by atoms with Gasteiger partial charge in [0, 0.05) is 53.8 Å². The topological polar surface area (TPSA) is 87.9 Å². The van der Waals surface area contributed by atoms with E-state index in [1.807, 2.05) is 28.8 Å². The fourth-order valence-corrected chi connectivity index (χ4v) is 5.38. The van der Waals surface area contributed by atoms with Crippen LogP contribution in [0.4, 0.5) is 0 Å². The van der Waals surface area contributed by atoms with E-state index in [0.29, 0.717) is 5.92 Å². The van der Waals surface area contributed by atoms with E-state index >= 15 is 0 Å². The molecule has 1 fully saturated rings. The summed E-state index contributed by atoms with van der Waals surface area (Å²) in [5.41, 5.74) is 7.42. The number of pyridine rings is 1. The molecule has 0 spiro atoms. The van der Waals surface area contributed by atoms with Gasteiger partial charge in [-0.2, -0.15) is 10.2 Å². The number of aromatic amines is 1. The minimum absolute atomic E-state index is 0.410. The smallest absolute Gasteiger partial charge is 0.181 e. The third kappa shape index (κ3) is 4.82. The number of H-pyrrole nitrogens is 1. The van der Waals surface area contributed by atoms with Crippen LogP contribution in [0.15, 0.2) is 97.6 Å². The highest BCUT2D eigenvalue weighted by molar-refractivity contribution is 5.81. The van der Waals surface area contributed by atoms with Crippen molar-refractivity contribution in [1.29, 1.82) is 0 Å². The van der Waals surface area contributed by atoms with Gasteiger partial charge in [0.15, 0.2) is 11.5 Å². The van der Waals surface area contributed by atoms with Gasteiger partial charge in [-0.15, -0.1) is 0 Å². The lowest BCUT2D eigenvalue weighted by Gasteiger charge is -2.31. The fourth-order valence-electron chi connectivity index (χ4n) is 5.38. The highest BCUT2D eigenvalue weighted by Gasteiger charge is 2.24. The number of nitrogens with one attached hydrogen (secondary N) is 1. The molecular weight excluding hydrogens is 484 g/mol. The summed E-state index contributed by atoms with van der Waals surface area (Å²) in [6, 6.07) is 25.1. The first-order valence-corrected chi connectivity index (χ1v) is 13.3. The van der Waals surface area contributed by atoms with E-state index < -0.39 is 0 Å². The van der Waals surface area contributed by atoms with E-state index in [9.17, 15) is 0 Å².